The van der Waals surface area contributed by atoms with E-state index < -0.39 is 0 Å². The van der Waals surface area contributed by atoms with Crippen LogP contribution in [0.5, 0.6) is 0 Å². The molecule has 0 aromatic rings. The van der Waals surface area contributed by atoms with Gasteiger partial charge in [-0.05, 0) is 50.1 Å². The molecule has 2 heteroatoms. The Labute approximate surface area is 110 Å². The number of nitrogens with two attached hydrogens (primary N) is 1. The van der Waals surface area contributed by atoms with Crippen molar-refractivity contribution < 1.29 is 0 Å². The van der Waals surface area contributed by atoms with Gasteiger partial charge in [0.25, 0.3) is 0 Å². The molecule has 0 bridgehead atoms. The van der Waals surface area contributed by atoms with Crippen LogP contribution in [-0.2, 0) is 0 Å². The molecule has 18 heavy (non-hydrogen) atoms. The van der Waals surface area contributed by atoms with Crippen molar-refractivity contribution in [2.45, 2.75) is 69.4 Å². The monoisotopic (exact) mass is 246 g/mol. The van der Waals surface area contributed by atoms with Crippen LogP contribution in [0, 0.1) is 11.8 Å². The normalized spacial score (nSPS) is 42.2. The van der Waals surface area contributed by atoms with Crippen molar-refractivity contribution in [2.24, 2.45) is 17.6 Å². The number of rotatable bonds is 1. The first kappa shape index (κ1) is 11.5. The molecule has 0 aromatic heterocycles. The van der Waals surface area contributed by atoms with E-state index in [4.69, 9.17) is 5.73 Å². The van der Waals surface area contributed by atoms with Gasteiger partial charge in [-0.15, -0.1) is 0 Å². The molecule has 3 N–H and O–H groups in total. The molecule has 1 heterocycles. The zero-order valence-corrected chi connectivity index (χ0v) is 11.4. The van der Waals surface area contributed by atoms with E-state index >= 15 is 0 Å². The van der Waals surface area contributed by atoms with Gasteiger partial charge in [0.2, 0.25) is 0 Å². The van der Waals surface area contributed by atoms with Crippen molar-refractivity contribution in [3.63, 3.8) is 0 Å². The zero-order chi connectivity index (χ0) is 12.2. The van der Waals surface area contributed by atoms with E-state index in [1.807, 2.05) is 0 Å². The SMILES string of the molecule is NC1C2=C(C3CCCC4(CCCCC4)NCC3)C21. The fraction of sp³-hybridized carbons (Fsp3) is 0.875. The summed E-state index contributed by atoms with van der Waals surface area (Å²) in [5, 5.41) is 3.94. The molecule has 0 amide bonds. The van der Waals surface area contributed by atoms with Crippen LogP contribution in [0.1, 0.15) is 57.8 Å². The van der Waals surface area contributed by atoms with Gasteiger partial charge in [-0.2, -0.15) is 0 Å². The van der Waals surface area contributed by atoms with Gasteiger partial charge in [0.1, 0.15) is 0 Å². The number of hydrogen-bond acceptors (Lipinski definition) is 2. The van der Waals surface area contributed by atoms with E-state index in [9.17, 15) is 0 Å². The van der Waals surface area contributed by atoms with Gasteiger partial charge in [0, 0.05) is 17.5 Å². The number of nitrogens with one attached hydrogen (secondary N) is 1. The fourth-order valence-electron chi connectivity index (χ4n) is 4.74. The predicted octanol–water partition coefficient (Wildman–Crippen LogP) is 2.74. The summed E-state index contributed by atoms with van der Waals surface area (Å²) in [6.07, 6.45) is 12.9. The molecule has 1 aliphatic heterocycles. The molecule has 0 radical (unpaired) electrons. The molecule has 0 aromatic carbocycles. The molecule has 2 saturated carbocycles. The second-order valence-electron chi connectivity index (χ2n) is 7.06. The van der Waals surface area contributed by atoms with Crippen molar-refractivity contribution in [2.75, 3.05) is 6.54 Å². The van der Waals surface area contributed by atoms with E-state index in [1.165, 1.54) is 64.3 Å². The maximum atomic E-state index is 5.92. The lowest BCUT2D eigenvalue weighted by Crippen LogP contribution is -2.48. The third-order valence-electron chi connectivity index (χ3n) is 5.98. The van der Waals surface area contributed by atoms with Crippen LogP contribution in [0.3, 0.4) is 0 Å². The highest BCUT2D eigenvalue weighted by Gasteiger charge is 2.61. The van der Waals surface area contributed by atoms with Crippen molar-refractivity contribution in [1.29, 1.82) is 0 Å². The first-order chi connectivity index (χ1) is 8.81. The molecule has 4 rings (SSSR count). The Hall–Kier alpha value is -0.340. The van der Waals surface area contributed by atoms with Gasteiger partial charge in [0.15, 0.2) is 0 Å². The van der Waals surface area contributed by atoms with E-state index in [2.05, 4.69) is 5.32 Å². The Morgan fingerprint density at radius 2 is 1.67 bits per heavy atom. The van der Waals surface area contributed by atoms with Crippen LogP contribution in [0.25, 0.3) is 0 Å². The Balaban J connectivity index is 1.36. The standard InChI is InChI=1S/C16H26N2/c17-15-13-12(14(13)15)11-5-4-9-16(18-10-6-11)7-2-1-3-8-16/h11,13,15,18H,1-10,17H2. The minimum Gasteiger partial charge on any atom is -0.323 e. The van der Waals surface area contributed by atoms with Gasteiger partial charge in [0.05, 0.1) is 0 Å². The van der Waals surface area contributed by atoms with Crippen LogP contribution in [0.4, 0.5) is 0 Å². The first-order valence-electron chi connectivity index (χ1n) is 8.05. The molecular formula is C16H26N2. The highest BCUT2D eigenvalue weighted by molar-refractivity contribution is 5.64. The molecule has 3 fully saturated rings. The summed E-state index contributed by atoms with van der Waals surface area (Å²) < 4.78 is 0. The van der Waals surface area contributed by atoms with Crippen LogP contribution in [0.15, 0.2) is 11.1 Å². The van der Waals surface area contributed by atoms with E-state index in [0.717, 1.165) is 11.8 Å². The van der Waals surface area contributed by atoms with Crippen molar-refractivity contribution in [3.05, 3.63) is 11.1 Å². The Bertz CT molecular complexity index is 367. The second kappa shape index (κ2) is 4.08. The first-order valence-corrected chi connectivity index (χ1v) is 8.05. The van der Waals surface area contributed by atoms with E-state index in [-0.39, 0.29) is 0 Å². The van der Waals surface area contributed by atoms with E-state index in [0.29, 0.717) is 11.6 Å². The summed E-state index contributed by atoms with van der Waals surface area (Å²) in [7, 11) is 0. The van der Waals surface area contributed by atoms with Crippen LogP contribution >= 0.6 is 0 Å². The molecule has 1 spiro atoms. The largest absolute Gasteiger partial charge is 0.323 e. The lowest BCUT2D eigenvalue weighted by Gasteiger charge is -2.41. The number of hydrogen-bond donors (Lipinski definition) is 2. The third kappa shape index (κ3) is 1.77. The molecule has 3 unspecified atom stereocenters. The summed E-state index contributed by atoms with van der Waals surface area (Å²) in [4.78, 5) is 0. The minimum absolute atomic E-state index is 0.489. The predicted molar refractivity (Wildman–Crippen MR) is 74.3 cm³/mol. The fourth-order valence-corrected chi connectivity index (χ4v) is 4.74. The smallest absolute Gasteiger partial charge is 0.0368 e. The second-order valence-corrected chi connectivity index (χ2v) is 7.06. The van der Waals surface area contributed by atoms with E-state index in [1.54, 1.807) is 11.1 Å². The summed E-state index contributed by atoms with van der Waals surface area (Å²) in [5.41, 5.74) is 9.88. The van der Waals surface area contributed by atoms with Gasteiger partial charge >= 0.3 is 0 Å². The summed E-state index contributed by atoms with van der Waals surface area (Å²) in [5.74, 6) is 1.68. The summed E-state index contributed by atoms with van der Waals surface area (Å²) >= 11 is 0. The molecule has 1 saturated heterocycles. The third-order valence-corrected chi connectivity index (χ3v) is 5.98. The van der Waals surface area contributed by atoms with Gasteiger partial charge in [-0.3, -0.25) is 0 Å². The molecule has 4 aliphatic rings. The summed E-state index contributed by atoms with van der Waals surface area (Å²) in [6, 6.07) is 0.489. The summed E-state index contributed by atoms with van der Waals surface area (Å²) in [6.45, 7) is 1.24. The molecule has 100 valence electrons. The van der Waals surface area contributed by atoms with Gasteiger partial charge in [-0.1, -0.05) is 31.3 Å². The Morgan fingerprint density at radius 3 is 2.39 bits per heavy atom. The van der Waals surface area contributed by atoms with Crippen molar-refractivity contribution >= 4 is 0 Å². The van der Waals surface area contributed by atoms with Crippen molar-refractivity contribution in [1.82, 2.24) is 5.32 Å². The highest BCUT2D eigenvalue weighted by Crippen LogP contribution is 2.64. The van der Waals surface area contributed by atoms with Crippen LogP contribution in [0.2, 0.25) is 0 Å². The maximum Gasteiger partial charge on any atom is 0.0368 e. The van der Waals surface area contributed by atoms with Crippen molar-refractivity contribution in [3.8, 4) is 0 Å². The molecule has 3 aliphatic carbocycles. The van der Waals surface area contributed by atoms with Gasteiger partial charge < -0.3 is 11.1 Å². The average Bonchev–Trinajstić information content (AvgIpc) is 3.25. The zero-order valence-electron chi connectivity index (χ0n) is 11.4. The Kier molecular flexibility index (Phi) is 2.60. The quantitative estimate of drug-likeness (QED) is 0.698. The lowest BCUT2D eigenvalue weighted by molar-refractivity contribution is 0.190. The minimum atomic E-state index is 0.489. The molecule has 3 atom stereocenters. The Morgan fingerprint density at radius 1 is 0.944 bits per heavy atom. The van der Waals surface area contributed by atoms with Crippen LogP contribution in [-0.4, -0.2) is 18.1 Å². The number of fused-ring (bicyclic) bond motifs is 1. The highest BCUT2D eigenvalue weighted by atomic mass is 15.0. The molecular weight excluding hydrogens is 220 g/mol. The van der Waals surface area contributed by atoms with Gasteiger partial charge in [-0.25, -0.2) is 0 Å². The topological polar surface area (TPSA) is 38.0 Å². The lowest BCUT2D eigenvalue weighted by atomic mass is 9.75. The maximum absolute atomic E-state index is 5.92. The average molecular weight is 246 g/mol. The molecule has 2 nitrogen and oxygen atoms in total. The van der Waals surface area contributed by atoms with Crippen LogP contribution < -0.4 is 11.1 Å².